The molecule has 4 heteroatoms. The van der Waals surface area contributed by atoms with Gasteiger partial charge in [-0.1, -0.05) is 24.3 Å². The Morgan fingerprint density at radius 2 is 2.00 bits per heavy atom. The van der Waals surface area contributed by atoms with Crippen LogP contribution in [0.5, 0.6) is 5.75 Å². The van der Waals surface area contributed by atoms with Gasteiger partial charge in [0, 0.05) is 18.0 Å². The number of aromatic nitrogens is 2. The van der Waals surface area contributed by atoms with E-state index in [9.17, 15) is 5.11 Å². The maximum absolute atomic E-state index is 9.72. The Balaban J connectivity index is 1.79. The highest BCUT2D eigenvalue weighted by atomic mass is 16.5. The van der Waals surface area contributed by atoms with E-state index in [1.165, 1.54) is 0 Å². The molecular formula is C16H16N2O2. The second-order valence-corrected chi connectivity index (χ2v) is 4.70. The number of aliphatic hydroxyl groups excluding tert-OH is 1. The van der Waals surface area contributed by atoms with Crippen LogP contribution in [0.4, 0.5) is 0 Å². The zero-order valence-corrected chi connectivity index (χ0v) is 11.2. The molecule has 0 aliphatic rings. The van der Waals surface area contributed by atoms with Crippen molar-refractivity contribution in [3.05, 3.63) is 66.1 Å². The van der Waals surface area contributed by atoms with Gasteiger partial charge in [-0.2, -0.15) is 0 Å². The molecule has 1 aromatic carbocycles. The number of aliphatic hydroxyl groups is 1. The quantitative estimate of drug-likeness (QED) is 0.791. The van der Waals surface area contributed by atoms with E-state index in [4.69, 9.17) is 4.74 Å². The van der Waals surface area contributed by atoms with Crippen molar-refractivity contribution in [1.29, 1.82) is 0 Å². The lowest BCUT2D eigenvalue weighted by molar-refractivity contribution is 0.190. The number of pyridine rings is 1. The van der Waals surface area contributed by atoms with Crippen molar-refractivity contribution in [1.82, 2.24) is 9.38 Å². The highest BCUT2D eigenvalue weighted by Crippen LogP contribution is 2.25. The molecule has 0 fully saturated rings. The second kappa shape index (κ2) is 5.35. The summed E-state index contributed by atoms with van der Waals surface area (Å²) in [5.74, 6) is 0.694. The second-order valence-electron chi connectivity index (χ2n) is 4.70. The third-order valence-electron chi connectivity index (χ3n) is 3.16. The Labute approximate surface area is 117 Å². The minimum absolute atomic E-state index is 0.380. The van der Waals surface area contributed by atoms with Crippen molar-refractivity contribution in [3.63, 3.8) is 0 Å². The molecule has 4 nitrogen and oxygen atoms in total. The Morgan fingerprint density at radius 1 is 1.20 bits per heavy atom. The molecule has 2 heterocycles. The summed E-state index contributed by atoms with van der Waals surface area (Å²) in [5, 5.41) is 9.72. The van der Waals surface area contributed by atoms with Gasteiger partial charge in [0.15, 0.2) is 0 Å². The van der Waals surface area contributed by atoms with Crippen molar-refractivity contribution in [2.45, 2.75) is 19.6 Å². The molecule has 3 rings (SSSR count). The first kappa shape index (κ1) is 12.7. The van der Waals surface area contributed by atoms with Crippen LogP contribution in [-0.2, 0) is 6.61 Å². The van der Waals surface area contributed by atoms with E-state index in [-0.39, 0.29) is 0 Å². The number of imidazole rings is 1. The van der Waals surface area contributed by atoms with Crippen LogP contribution >= 0.6 is 0 Å². The molecule has 102 valence electrons. The van der Waals surface area contributed by atoms with Crippen molar-refractivity contribution < 1.29 is 9.84 Å². The van der Waals surface area contributed by atoms with Crippen LogP contribution in [0.2, 0.25) is 0 Å². The molecule has 20 heavy (non-hydrogen) atoms. The van der Waals surface area contributed by atoms with Gasteiger partial charge in [-0.15, -0.1) is 0 Å². The maximum atomic E-state index is 9.72. The molecule has 0 radical (unpaired) electrons. The average molecular weight is 268 g/mol. The monoisotopic (exact) mass is 268 g/mol. The van der Waals surface area contributed by atoms with Crippen molar-refractivity contribution in [2.75, 3.05) is 0 Å². The van der Waals surface area contributed by atoms with Crippen molar-refractivity contribution in [2.24, 2.45) is 0 Å². The molecule has 0 spiro atoms. The molecular weight excluding hydrogens is 252 g/mol. The fraction of sp³-hybridized carbons (Fsp3) is 0.188. The van der Waals surface area contributed by atoms with E-state index < -0.39 is 6.10 Å². The Hall–Kier alpha value is -2.33. The van der Waals surface area contributed by atoms with E-state index in [0.717, 1.165) is 16.9 Å². The van der Waals surface area contributed by atoms with Crippen LogP contribution in [0.1, 0.15) is 24.3 Å². The minimum Gasteiger partial charge on any atom is -0.487 e. The number of ether oxygens (including phenoxy) is 1. The van der Waals surface area contributed by atoms with E-state index in [1.807, 2.05) is 59.3 Å². The molecule has 1 unspecified atom stereocenters. The molecule has 0 saturated carbocycles. The van der Waals surface area contributed by atoms with Gasteiger partial charge in [-0.05, 0) is 25.1 Å². The van der Waals surface area contributed by atoms with Crippen LogP contribution in [0.25, 0.3) is 5.65 Å². The van der Waals surface area contributed by atoms with Crippen LogP contribution in [0.15, 0.2) is 54.9 Å². The molecule has 1 N–H and O–H groups in total. The van der Waals surface area contributed by atoms with Gasteiger partial charge in [-0.25, -0.2) is 4.98 Å². The van der Waals surface area contributed by atoms with E-state index >= 15 is 0 Å². The molecule has 2 aromatic heterocycles. The molecule has 0 aliphatic heterocycles. The number of benzene rings is 1. The van der Waals surface area contributed by atoms with E-state index in [2.05, 4.69) is 4.98 Å². The molecule has 0 amide bonds. The SMILES string of the molecule is CC(O)c1ccccc1OCc1cn2ccccc2n1. The van der Waals surface area contributed by atoms with Gasteiger partial charge in [0.25, 0.3) is 0 Å². The lowest BCUT2D eigenvalue weighted by Gasteiger charge is -2.12. The number of fused-ring (bicyclic) bond motifs is 1. The fourth-order valence-electron chi connectivity index (χ4n) is 2.17. The summed E-state index contributed by atoms with van der Waals surface area (Å²) in [5.41, 5.74) is 2.54. The predicted octanol–water partition coefficient (Wildman–Crippen LogP) is 2.97. The molecule has 3 aromatic rings. The van der Waals surface area contributed by atoms with Gasteiger partial charge < -0.3 is 14.2 Å². The third-order valence-corrected chi connectivity index (χ3v) is 3.16. The zero-order valence-electron chi connectivity index (χ0n) is 11.2. The minimum atomic E-state index is -0.549. The normalized spacial score (nSPS) is 12.5. The van der Waals surface area contributed by atoms with Gasteiger partial charge >= 0.3 is 0 Å². The number of hydrogen-bond acceptors (Lipinski definition) is 3. The summed E-state index contributed by atoms with van der Waals surface area (Å²) in [7, 11) is 0. The first-order chi connectivity index (χ1) is 9.74. The summed E-state index contributed by atoms with van der Waals surface area (Å²) < 4.78 is 7.74. The van der Waals surface area contributed by atoms with Crippen LogP contribution in [-0.4, -0.2) is 14.5 Å². The van der Waals surface area contributed by atoms with Crippen molar-refractivity contribution >= 4 is 5.65 Å². The first-order valence-electron chi connectivity index (χ1n) is 6.56. The molecule has 0 saturated heterocycles. The highest BCUT2D eigenvalue weighted by Gasteiger charge is 2.09. The molecule has 0 aliphatic carbocycles. The van der Waals surface area contributed by atoms with Gasteiger partial charge in [0.05, 0.1) is 11.8 Å². The lowest BCUT2D eigenvalue weighted by atomic mass is 10.1. The third kappa shape index (κ3) is 2.51. The number of para-hydroxylation sites is 1. The molecule has 0 bridgehead atoms. The van der Waals surface area contributed by atoms with Crippen LogP contribution in [0, 0.1) is 0 Å². The number of hydrogen-bond donors (Lipinski definition) is 1. The highest BCUT2D eigenvalue weighted by molar-refractivity contribution is 5.39. The summed E-state index contributed by atoms with van der Waals surface area (Å²) in [6.45, 7) is 2.11. The number of rotatable bonds is 4. The maximum Gasteiger partial charge on any atom is 0.137 e. The fourth-order valence-corrected chi connectivity index (χ4v) is 2.17. The van der Waals surface area contributed by atoms with Crippen molar-refractivity contribution in [3.8, 4) is 5.75 Å². The average Bonchev–Trinajstić information content (AvgIpc) is 2.88. The smallest absolute Gasteiger partial charge is 0.137 e. The van der Waals surface area contributed by atoms with Crippen LogP contribution < -0.4 is 4.74 Å². The first-order valence-corrected chi connectivity index (χ1v) is 6.56. The standard InChI is InChI=1S/C16H16N2O2/c1-12(19)14-6-2-3-7-15(14)20-11-13-10-18-9-5-4-8-16(18)17-13/h2-10,12,19H,11H2,1H3. The topological polar surface area (TPSA) is 46.8 Å². The van der Waals surface area contributed by atoms with E-state index in [1.54, 1.807) is 6.92 Å². The Morgan fingerprint density at radius 3 is 2.80 bits per heavy atom. The summed E-state index contributed by atoms with van der Waals surface area (Å²) in [6.07, 6.45) is 3.35. The van der Waals surface area contributed by atoms with Crippen LogP contribution in [0.3, 0.4) is 0 Å². The van der Waals surface area contributed by atoms with Gasteiger partial charge in [-0.3, -0.25) is 0 Å². The summed E-state index contributed by atoms with van der Waals surface area (Å²) in [6, 6.07) is 13.4. The number of nitrogens with zero attached hydrogens (tertiary/aromatic N) is 2. The van der Waals surface area contributed by atoms with E-state index in [0.29, 0.717) is 12.4 Å². The van der Waals surface area contributed by atoms with Gasteiger partial charge in [0.1, 0.15) is 18.0 Å². The Bertz CT molecular complexity index is 686. The molecule has 1 atom stereocenters. The Kier molecular flexibility index (Phi) is 3.39. The largest absolute Gasteiger partial charge is 0.487 e. The zero-order chi connectivity index (χ0) is 13.9. The summed E-state index contributed by atoms with van der Waals surface area (Å²) in [4.78, 5) is 4.48. The predicted molar refractivity (Wildman–Crippen MR) is 76.6 cm³/mol. The summed E-state index contributed by atoms with van der Waals surface area (Å²) >= 11 is 0. The lowest BCUT2D eigenvalue weighted by Crippen LogP contribution is -2.00. The van der Waals surface area contributed by atoms with Gasteiger partial charge in [0.2, 0.25) is 0 Å².